The summed E-state index contributed by atoms with van der Waals surface area (Å²) in [5.74, 6) is 0. The van der Waals surface area contributed by atoms with Crippen LogP contribution in [0, 0.1) is 0 Å². The summed E-state index contributed by atoms with van der Waals surface area (Å²) >= 11 is 1.65. The van der Waals surface area contributed by atoms with Gasteiger partial charge < -0.3 is 5.73 Å². The van der Waals surface area contributed by atoms with E-state index in [1.165, 1.54) is 0 Å². The monoisotopic (exact) mass is 298 g/mol. The third-order valence-electron chi connectivity index (χ3n) is 3.44. The number of thiazole rings is 1. The lowest BCUT2D eigenvalue weighted by atomic mass is 10.0. The average Bonchev–Trinajstić information content (AvgIpc) is 3.16. The van der Waals surface area contributed by atoms with Gasteiger partial charge in [-0.15, -0.1) is 11.3 Å². The Morgan fingerprint density at radius 2 is 2.05 bits per heavy atom. The van der Waals surface area contributed by atoms with Gasteiger partial charge in [0.05, 0.1) is 11.4 Å². The number of hydrogen-bond donors (Lipinski definition) is 1. The summed E-state index contributed by atoms with van der Waals surface area (Å²) < 4.78 is 1.96. The van der Waals surface area contributed by atoms with Crippen LogP contribution in [0.3, 0.4) is 0 Å². The maximum Gasteiger partial charge on any atom is 0.141 e. The Balaban J connectivity index is 1.77. The Kier molecular flexibility index (Phi) is 4.13. The number of aromatic nitrogens is 3. The molecule has 0 aliphatic carbocycles. The molecular formula is C16H18N4S. The van der Waals surface area contributed by atoms with Crippen molar-refractivity contribution in [3.63, 3.8) is 0 Å². The van der Waals surface area contributed by atoms with Crippen LogP contribution in [-0.2, 0) is 13.0 Å². The first kappa shape index (κ1) is 14.0. The molecule has 0 aliphatic rings. The Morgan fingerprint density at radius 3 is 2.81 bits per heavy atom. The summed E-state index contributed by atoms with van der Waals surface area (Å²) in [6, 6.07) is 12.1. The molecule has 1 aromatic carbocycles. The molecule has 0 saturated heterocycles. The summed E-state index contributed by atoms with van der Waals surface area (Å²) in [6.07, 6.45) is 2.57. The smallest absolute Gasteiger partial charge is 0.141 e. The summed E-state index contributed by atoms with van der Waals surface area (Å²) in [5, 5.41) is 7.38. The minimum Gasteiger partial charge on any atom is -0.324 e. The Labute approximate surface area is 128 Å². The van der Waals surface area contributed by atoms with Crippen LogP contribution in [0.1, 0.15) is 24.2 Å². The van der Waals surface area contributed by atoms with Gasteiger partial charge in [0.15, 0.2) is 0 Å². The first-order valence-corrected chi connectivity index (χ1v) is 7.93. The third kappa shape index (κ3) is 3.04. The lowest BCUT2D eigenvalue weighted by Crippen LogP contribution is -2.13. The maximum absolute atomic E-state index is 6.26. The van der Waals surface area contributed by atoms with E-state index in [2.05, 4.69) is 29.5 Å². The second-order valence-corrected chi connectivity index (χ2v) is 5.76. The average molecular weight is 298 g/mol. The zero-order valence-corrected chi connectivity index (χ0v) is 12.8. The topological polar surface area (TPSA) is 56.7 Å². The first-order valence-electron chi connectivity index (χ1n) is 7.05. The number of hydrogen-bond acceptors (Lipinski definition) is 4. The minimum absolute atomic E-state index is 0.0164. The van der Waals surface area contributed by atoms with Crippen LogP contribution in [0.5, 0.6) is 0 Å². The molecule has 4 nitrogen and oxygen atoms in total. The minimum atomic E-state index is -0.0164. The van der Waals surface area contributed by atoms with Gasteiger partial charge in [0.2, 0.25) is 0 Å². The molecule has 108 valence electrons. The van der Waals surface area contributed by atoms with Crippen LogP contribution in [-0.4, -0.2) is 14.8 Å². The van der Waals surface area contributed by atoms with Crippen LogP contribution in [0.2, 0.25) is 0 Å². The normalized spacial score (nSPS) is 12.5. The summed E-state index contributed by atoms with van der Waals surface area (Å²) in [4.78, 5) is 4.70. The van der Waals surface area contributed by atoms with E-state index < -0.39 is 0 Å². The highest BCUT2D eigenvalue weighted by Gasteiger charge is 2.12. The Bertz CT molecular complexity index is 702. The summed E-state index contributed by atoms with van der Waals surface area (Å²) in [5.41, 5.74) is 9.51. The highest BCUT2D eigenvalue weighted by atomic mass is 32.1. The fourth-order valence-corrected chi connectivity index (χ4v) is 3.19. The molecule has 2 N–H and O–H groups in total. The van der Waals surface area contributed by atoms with Gasteiger partial charge >= 0.3 is 0 Å². The van der Waals surface area contributed by atoms with Gasteiger partial charge in [-0.3, -0.25) is 4.68 Å². The molecule has 0 amide bonds. The molecule has 21 heavy (non-hydrogen) atoms. The van der Waals surface area contributed by atoms with Crippen LogP contribution in [0.25, 0.3) is 10.7 Å². The Hall–Kier alpha value is -1.98. The van der Waals surface area contributed by atoms with E-state index >= 15 is 0 Å². The highest BCUT2D eigenvalue weighted by molar-refractivity contribution is 7.13. The molecule has 0 aliphatic heterocycles. The fourth-order valence-electron chi connectivity index (χ4n) is 2.33. The zero-order valence-electron chi connectivity index (χ0n) is 11.9. The lowest BCUT2D eigenvalue weighted by molar-refractivity contribution is 0.666. The van der Waals surface area contributed by atoms with Gasteiger partial charge in [-0.1, -0.05) is 30.3 Å². The molecule has 1 atom stereocenters. The SMILES string of the molecule is CCn1nccc1-c1nc(CC(N)c2ccccc2)cs1. The molecule has 3 aromatic rings. The molecule has 0 spiro atoms. The quantitative estimate of drug-likeness (QED) is 0.786. The van der Waals surface area contributed by atoms with Crippen molar-refractivity contribution in [3.05, 3.63) is 59.2 Å². The largest absolute Gasteiger partial charge is 0.324 e. The molecule has 2 aromatic heterocycles. The van der Waals surface area contributed by atoms with Crippen molar-refractivity contribution in [2.24, 2.45) is 5.73 Å². The van der Waals surface area contributed by atoms with Crippen molar-refractivity contribution in [1.29, 1.82) is 0 Å². The molecule has 5 heteroatoms. The second-order valence-electron chi connectivity index (χ2n) is 4.90. The van der Waals surface area contributed by atoms with E-state index in [9.17, 15) is 0 Å². The molecule has 1 unspecified atom stereocenters. The third-order valence-corrected chi connectivity index (χ3v) is 4.36. The van der Waals surface area contributed by atoms with Crippen molar-refractivity contribution in [3.8, 4) is 10.7 Å². The molecule has 2 heterocycles. The van der Waals surface area contributed by atoms with Crippen molar-refractivity contribution in [1.82, 2.24) is 14.8 Å². The molecular weight excluding hydrogens is 280 g/mol. The fraction of sp³-hybridized carbons (Fsp3) is 0.250. The van der Waals surface area contributed by atoms with Crippen LogP contribution < -0.4 is 5.73 Å². The van der Waals surface area contributed by atoms with Crippen LogP contribution >= 0.6 is 11.3 Å². The molecule has 0 saturated carbocycles. The molecule has 0 bridgehead atoms. The van der Waals surface area contributed by atoms with E-state index in [1.807, 2.05) is 35.1 Å². The van der Waals surface area contributed by atoms with Gasteiger partial charge in [0.25, 0.3) is 0 Å². The van der Waals surface area contributed by atoms with Crippen molar-refractivity contribution >= 4 is 11.3 Å². The number of aryl methyl sites for hydroxylation is 1. The van der Waals surface area contributed by atoms with E-state index in [0.29, 0.717) is 0 Å². The molecule has 0 radical (unpaired) electrons. The van der Waals surface area contributed by atoms with Gasteiger partial charge in [-0.05, 0) is 18.6 Å². The van der Waals surface area contributed by atoms with Gasteiger partial charge in [-0.2, -0.15) is 5.10 Å². The summed E-state index contributed by atoms with van der Waals surface area (Å²) in [7, 11) is 0. The second kappa shape index (κ2) is 6.20. The standard InChI is InChI=1S/C16H18N4S/c1-2-20-15(8-9-18-20)16-19-13(11-21-16)10-14(17)12-6-4-3-5-7-12/h3-9,11,14H,2,10,17H2,1H3. The van der Waals surface area contributed by atoms with Crippen molar-refractivity contribution in [2.75, 3.05) is 0 Å². The predicted molar refractivity (Wildman–Crippen MR) is 86.1 cm³/mol. The van der Waals surface area contributed by atoms with Crippen LogP contribution in [0.4, 0.5) is 0 Å². The molecule has 3 rings (SSSR count). The van der Waals surface area contributed by atoms with E-state index in [1.54, 1.807) is 11.3 Å². The predicted octanol–water partition coefficient (Wildman–Crippen LogP) is 3.27. The van der Waals surface area contributed by atoms with E-state index in [0.717, 1.165) is 34.9 Å². The van der Waals surface area contributed by atoms with E-state index in [-0.39, 0.29) is 6.04 Å². The number of rotatable bonds is 5. The first-order chi connectivity index (χ1) is 10.3. The number of benzene rings is 1. The van der Waals surface area contributed by atoms with Gasteiger partial charge in [-0.25, -0.2) is 4.98 Å². The Morgan fingerprint density at radius 1 is 1.24 bits per heavy atom. The maximum atomic E-state index is 6.26. The lowest BCUT2D eigenvalue weighted by Gasteiger charge is -2.09. The van der Waals surface area contributed by atoms with Gasteiger partial charge in [0.1, 0.15) is 5.01 Å². The number of nitrogens with two attached hydrogens (primary N) is 1. The van der Waals surface area contributed by atoms with Gasteiger partial charge in [0, 0.05) is 30.6 Å². The van der Waals surface area contributed by atoms with Crippen molar-refractivity contribution < 1.29 is 0 Å². The highest BCUT2D eigenvalue weighted by Crippen LogP contribution is 2.25. The van der Waals surface area contributed by atoms with Crippen molar-refractivity contribution in [2.45, 2.75) is 25.9 Å². The zero-order chi connectivity index (χ0) is 14.7. The molecule has 0 fully saturated rings. The van der Waals surface area contributed by atoms with Crippen LogP contribution in [0.15, 0.2) is 48.0 Å². The summed E-state index contributed by atoms with van der Waals surface area (Å²) in [6.45, 7) is 2.93. The van der Waals surface area contributed by atoms with E-state index in [4.69, 9.17) is 10.7 Å². The number of nitrogens with zero attached hydrogens (tertiary/aromatic N) is 3.